The first-order valence-corrected chi connectivity index (χ1v) is 7.51. The summed E-state index contributed by atoms with van der Waals surface area (Å²) < 4.78 is 11.2. The molecule has 1 atom stereocenters. The van der Waals surface area contributed by atoms with E-state index >= 15 is 0 Å². The normalized spacial score (nSPS) is 32.8. The van der Waals surface area contributed by atoms with Gasteiger partial charge in [0.2, 0.25) is 5.91 Å². The second-order valence-electron chi connectivity index (χ2n) is 4.84. The van der Waals surface area contributed by atoms with Crippen LogP contribution in [0.3, 0.4) is 0 Å². The van der Waals surface area contributed by atoms with Gasteiger partial charge in [-0.15, -0.1) is 0 Å². The highest BCUT2D eigenvalue weighted by molar-refractivity contribution is 7.85. The summed E-state index contributed by atoms with van der Waals surface area (Å²) in [5.74, 6) is 2.25. The maximum Gasteiger partial charge on any atom is 0.223 e. The van der Waals surface area contributed by atoms with Crippen LogP contribution in [0, 0.1) is 11.8 Å². The van der Waals surface area contributed by atoms with Crippen LogP contribution in [0.2, 0.25) is 0 Å². The van der Waals surface area contributed by atoms with Gasteiger partial charge in [-0.2, -0.15) is 0 Å². The van der Waals surface area contributed by atoms with Crippen LogP contribution < -0.4 is 10.6 Å². The zero-order valence-corrected chi connectivity index (χ0v) is 10.5. The van der Waals surface area contributed by atoms with E-state index in [9.17, 15) is 9.00 Å². The fraction of sp³-hybridized carbons (Fsp3) is 0.909. The van der Waals surface area contributed by atoms with E-state index in [0.29, 0.717) is 5.92 Å². The number of amides is 1. The topological polar surface area (TPSA) is 58.2 Å². The molecule has 0 saturated carbocycles. The lowest BCUT2D eigenvalue weighted by Crippen LogP contribution is -2.51. The summed E-state index contributed by atoms with van der Waals surface area (Å²) in [4.78, 5) is 11.9. The number of carbonyl (C=O) groups excluding carboxylic acids is 1. The number of hydrogen-bond acceptors (Lipinski definition) is 3. The lowest BCUT2D eigenvalue weighted by molar-refractivity contribution is -0.127. The average molecular weight is 244 g/mol. The third kappa shape index (κ3) is 2.83. The molecule has 0 aromatic carbocycles. The quantitative estimate of drug-likeness (QED) is 0.727. The van der Waals surface area contributed by atoms with E-state index in [0.717, 1.165) is 37.4 Å². The van der Waals surface area contributed by atoms with E-state index < -0.39 is 10.8 Å². The Labute approximate surface area is 99.0 Å². The first-order valence-electron chi connectivity index (χ1n) is 6.03. The predicted octanol–water partition coefficient (Wildman–Crippen LogP) is -0.131. The molecule has 4 nitrogen and oxygen atoms in total. The largest absolute Gasteiger partial charge is 0.353 e. The van der Waals surface area contributed by atoms with Gasteiger partial charge < -0.3 is 10.6 Å². The average Bonchev–Trinajstić information content (AvgIpc) is 2.19. The predicted molar refractivity (Wildman–Crippen MR) is 64.6 cm³/mol. The molecule has 2 aliphatic rings. The minimum absolute atomic E-state index is 0.105. The highest BCUT2D eigenvalue weighted by Gasteiger charge is 2.30. The summed E-state index contributed by atoms with van der Waals surface area (Å²) >= 11 is 0. The van der Waals surface area contributed by atoms with Crippen molar-refractivity contribution in [3.05, 3.63) is 0 Å². The van der Waals surface area contributed by atoms with Crippen LogP contribution in [-0.2, 0) is 15.6 Å². The van der Waals surface area contributed by atoms with Crippen LogP contribution in [0.5, 0.6) is 0 Å². The van der Waals surface area contributed by atoms with Crippen molar-refractivity contribution in [2.75, 3.05) is 24.6 Å². The number of nitrogens with one attached hydrogen (secondary N) is 2. The summed E-state index contributed by atoms with van der Waals surface area (Å²) in [5, 5.41) is 6.27. The van der Waals surface area contributed by atoms with Gasteiger partial charge in [0, 0.05) is 34.3 Å². The van der Waals surface area contributed by atoms with E-state index in [1.54, 1.807) is 0 Å². The zero-order valence-electron chi connectivity index (χ0n) is 9.70. The molecule has 1 amide bonds. The van der Waals surface area contributed by atoms with Crippen molar-refractivity contribution in [3.63, 3.8) is 0 Å². The monoisotopic (exact) mass is 244 g/mol. The summed E-state index contributed by atoms with van der Waals surface area (Å²) in [6, 6.07) is 0.251. The molecule has 1 unspecified atom stereocenters. The molecule has 2 aliphatic heterocycles. The van der Waals surface area contributed by atoms with Crippen LogP contribution in [-0.4, -0.2) is 40.8 Å². The summed E-state index contributed by atoms with van der Waals surface area (Å²) in [6.45, 7) is 3.92. The molecule has 0 aromatic heterocycles. The molecular weight excluding hydrogens is 224 g/mol. The van der Waals surface area contributed by atoms with Gasteiger partial charge in [-0.3, -0.25) is 9.00 Å². The number of carbonyl (C=O) groups is 1. The summed E-state index contributed by atoms with van der Waals surface area (Å²) in [6.07, 6.45) is 1.74. The molecule has 2 saturated heterocycles. The van der Waals surface area contributed by atoms with Crippen molar-refractivity contribution < 1.29 is 9.00 Å². The minimum atomic E-state index is -0.647. The highest BCUT2D eigenvalue weighted by Crippen LogP contribution is 2.17. The lowest BCUT2D eigenvalue weighted by atomic mass is 9.88. The second-order valence-corrected chi connectivity index (χ2v) is 6.53. The van der Waals surface area contributed by atoms with Crippen molar-refractivity contribution in [2.24, 2.45) is 11.8 Å². The molecule has 2 heterocycles. The minimum Gasteiger partial charge on any atom is -0.353 e. The van der Waals surface area contributed by atoms with Gasteiger partial charge in [-0.25, -0.2) is 0 Å². The Kier molecular flexibility index (Phi) is 3.97. The fourth-order valence-electron chi connectivity index (χ4n) is 2.15. The maximum atomic E-state index is 11.9. The molecule has 5 heteroatoms. The molecule has 0 radical (unpaired) electrons. The van der Waals surface area contributed by atoms with E-state index in [1.807, 2.05) is 6.92 Å². The zero-order chi connectivity index (χ0) is 11.5. The lowest BCUT2D eigenvalue weighted by Gasteiger charge is -2.33. The Bertz CT molecular complexity index is 282. The van der Waals surface area contributed by atoms with Crippen LogP contribution in [0.15, 0.2) is 0 Å². The third-order valence-corrected chi connectivity index (χ3v) is 5.05. The Morgan fingerprint density at radius 2 is 2.00 bits per heavy atom. The van der Waals surface area contributed by atoms with Crippen molar-refractivity contribution in [2.45, 2.75) is 25.8 Å². The number of hydrogen-bond donors (Lipinski definition) is 2. The standard InChI is InChI=1S/C11H20N2O2S/c1-8(9-6-12-7-9)11(14)13-10-2-4-16(15)5-3-10/h8-10,12H,2-7H2,1H3,(H,13,14). The molecule has 2 fully saturated rings. The Morgan fingerprint density at radius 1 is 1.38 bits per heavy atom. The highest BCUT2D eigenvalue weighted by atomic mass is 32.2. The van der Waals surface area contributed by atoms with Gasteiger partial charge in [0.1, 0.15) is 0 Å². The van der Waals surface area contributed by atoms with Crippen LogP contribution in [0.1, 0.15) is 19.8 Å². The van der Waals surface area contributed by atoms with Gasteiger partial charge in [0.15, 0.2) is 0 Å². The van der Waals surface area contributed by atoms with Gasteiger partial charge in [0.05, 0.1) is 0 Å². The molecule has 2 N–H and O–H groups in total. The van der Waals surface area contributed by atoms with Gasteiger partial charge in [0.25, 0.3) is 0 Å². The first kappa shape index (κ1) is 12.0. The molecule has 92 valence electrons. The van der Waals surface area contributed by atoms with Crippen molar-refractivity contribution in [1.82, 2.24) is 10.6 Å². The van der Waals surface area contributed by atoms with E-state index in [2.05, 4.69) is 10.6 Å². The van der Waals surface area contributed by atoms with Crippen LogP contribution >= 0.6 is 0 Å². The van der Waals surface area contributed by atoms with E-state index in [4.69, 9.17) is 0 Å². The third-order valence-electron chi connectivity index (χ3n) is 3.67. The van der Waals surface area contributed by atoms with Gasteiger partial charge in [-0.05, 0) is 31.8 Å². The van der Waals surface area contributed by atoms with E-state index in [1.165, 1.54) is 0 Å². The van der Waals surface area contributed by atoms with Gasteiger partial charge in [-0.1, -0.05) is 6.92 Å². The molecule has 0 bridgehead atoms. The molecule has 0 aromatic rings. The molecule has 2 rings (SSSR count). The Hall–Kier alpha value is -0.420. The van der Waals surface area contributed by atoms with Crippen molar-refractivity contribution >= 4 is 16.7 Å². The van der Waals surface area contributed by atoms with Crippen LogP contribution in [0.4, 0.5) is 0 Å². The number of rotatable bonds is 3. The smallest absolute Gasteiger partial charge is 0.223 e. The molecule has 0 spiro atoms. The van der Waals surface area contributed by atoms with Crippen LogP contribution in [0.25, 0.3) is 0 Å². The molecule has 0 aliphatic carbocycles. The van der Waals surface area contributed by atoms with E-state index in [-0.39, 0.29) is 17.9 Å². The fourth-order valence-corrected chi connectivity index (χ4v) is 3.45. The van der Waals surface area contributed by atoms with Gasteiger partial charge >= 0.3 is 0 Å². The Morgan fingerprint density at radius 3 is 2.50 bits per heavy atom. The Balaban J connectivity index is 1.75. The maximum absolute atomic E-state index is 11.9. The first-order chi connectivity index (χ1) is 7.66. The second kappa shape index (κ2) is 5.27. The molecule has 16 heavy (non-hydrogen) atoms. The molecular formula is C11H20N2O2S. The SMILES string of the molecule is CC(C(=O)NC1CCS(=O)CC1)C1CNC1. The van der Waals surface area contributed by atoms with Crippen molar-refractivity contribution in [1.29, 1.82) is 0 Å². The summed E-state index contributed by atoms with van der Waals surface area (Å²) in [7, 11) is -0.647. The summed E-state index contributed by atoms with van der Waals surface area (Å²) in [5.41, 5.74) is 0. The van der Waals surface area contributed by atoms with Crippen molar-refractivity contribution in [3.8, 4) is 0 Å².